The van der Waals surface area contributed by atoms with Crippen LogP contribution in [0.15, 0.2) is 0 Å². The summed E-state index contributed by atoms with van der Waals surface area (Å²) in [4.78, 5) is 33.0. The van der Waals surface area contributed by atoms with E-state index >= 15 is 0 Å². The predicted octanol–water partition coefficient (Wildman–Crippen LogP) is 0.479. The summed E-state index contributed by atoms with van der Waals surface area (Å²) in [6.45, 7) is 3.14. The van der Waals surface area contributed by atoms with Crippen LogP contribution in [0.5, 0.6) is 0 Å². The van der Waals surface area contributed by atoms with Crippen molar-refractivity contribution >= 4 is 17.7 Å². The quantitative estimate of drug-likeness (QED) is 0.602. The normalized spacial score (nSPS) is 13.8. The van der Waals surface area contributed by atoms with E-state index in [1.807, 2.05) is 6.92 Å². The Hall–Kier alpha value is -1.43. The van der Waals surface area contributed by atoms with Crippen LogP contribution in [0.3, 0.4) is 0 Å². The summed E-state index contributed by atoms with van der Waals surface area (Å²) in [6, 6.07) is -1.13. The lowest BCUT2D eigenvalue weighted by molar-refractivity contribution is -0.154. The average molecular weight is 245 g/mol. The van der Waals surface area contributed by atoms with E-state index < -0.39 is 36.3 Å². The van der Waals surface area contributed by atoms with Crippen LogP contribution in [0.25, 0.3) is 0 Å². The van der Waals surface area contributed by atoms with Gasteiger partial charge in [-0.2, -0.15) is 0 Å². The molecule has 0 aromatic rings. The maximum Gasteiger partial charge on any atom is 0.305 e. The van der Waals surface area contributed by atoms with Gasteiger partial charge in [0.15, 0.2) is 11.9 Å². The first-order valence-corrected chi connectivity index (χ1v) is 5.56. The summed E-state index contributed by atoms with van der Waals surface area (Å²) in [5.74, 6) is -2.25. The van der Waals surface area contributed by atoms with Crippen LogP contribution in [0, 0.1) is 0 Å². The molecular weight excluding hydrogens is 226 g/mol. The fourth-order valence-electron chi connectivity index (χ4n) is 1.38. The number of hydrogen-bond acceptors (Lipinski definition) is 5. The first kappa shape index (κ1) is 15.6. The molecule has 0 amide bonds. The van der Waals surface area contributed by atoms with Crippen molar-refractivity contribution in [1.29, 1.82) is 0 Å². The number of esters is 1. The second kappa shape index (κ2) is 7.78. The molecule has 0 fully saturated rings. The number of carboxylic acids is 1. The monoisotopic (exact) mass is 245 g/mol. The predicted molar refractivity (Wildman–Crippen MR) is 60.3 cm³/mol. The lowest BCUT2D eigenvalue weighted by Gasteiger charge is -2.18. The lowest BCUT2D eigenvalue weighted by Crippen LogP contribution is -2.42. The molecule has 0 spiro atoms. The van der Waals surface area contributed by atoms with Crippen molar-refractivity contribution in [2.75, 3.05) is 0 Å². The van der Waals surface area contributed by atoms with E-state index in [9.17, 15) is 14.4 Å². The van der Waals surface area contributed by atoms with Crippen molar-refractivity contribution in [3.8, 4) is 0 Å². The van der Waals surface area contributed by atoms with Gasteiger partial charge in [0.05, 0.1) is 12.5 Å². The van der Waals surface area contributed by atoms with Gasteiger partial charge >= 0.3 is 11.9 Å². The topological polar surface area (TPSA) is 107 Å². The highest BCUT2D eigenvalue weighted by atomic mass is 16.5. The highest BCUT2D eigenvalue weighted by molar-refractivity contribution is 5.92. The minimum atomic E-state index is -1.15. The van der Waals surface area contributed by atoms with Gasteiger partial charge in [-0.15, -0.1) is 0 Å². The molecule has 0 aromatic heterocycles. The Balaban J connectivity index is 4.49. The Labute approximate surface area is 100 Å². The summed E-state index contributed by atoms with van der Waals surface area (Å²) in [6.07, 6.45) is 0.551. The number of ketones is 1. The van der Waals surface area contributed by atoms with Crippen LogP contribution < -0.4 is 5.73 Å². The van der Waals surface area contributed by atoms with E-state index in [1.54, 1.807) is 0 Å². The molecule has 0 heterocycles. The van der Waals surface area contributed by atoms with Crippen molar-refractivity contribution < 1.29 is 24.2 Å². The zero-order chi connectivity index (χ0) is 13.4. The number of Topliss-reactive ketones (excluding diaryl/α,β-unsaturated/α-hetero) is 1. The van der Waals surface area contributed by atoms with Crippen LogP contribution in [0.4, 0.5) is 0 Å². The summed E-state index contributed by atoms with van der Waals surface area (Å²) < 4.78 is 4.86. The van der Waals surface area contributed by atoms with Gasteiger partial charge in [-0.1, -0.05) is 13.3 Å². The fraction of sp³-hybridized carbons (Fsp3) is 0.727. The number of carbonyl (C=O) groups is 3. The highest BCUT2D eigenvalue weighted by Gasteiger charge is 2.27. The van der Waals surface area contributed by atoms with Crippen LogP contribution in [-0.2, 0) is 19.1 Å². The molecule has 0 radical (unpaired) electrons. The lowest BCUT2D eigenvalue weighted by atomic mass is 10.0. The van der Waals surface area contributed by atoms with Gasteiger partial charge in [-0.05, 0) is 12.8 Å². The van der Waals surface area contributed by atoms with Gasteiger partial charge in [0, 0.05) is 6.92 Å². The number of carbonyl (C=O) groups excluding carboxylic acids is 2. The number of nitrogens with two attached hydrogens (primary N) is 1. The van der Waals surface area contributed by atoms with Gasteiger partial charge in [0.1, 0.15) is 0 Å². The number of unbranched alkanes of at least 4 members (excludes halogenated alkanes) is 1. The van der Waals surface area contributed by atoms with Crippen LogP contribution in [0.1, 0.15) is 39.5 Å². The molecule has 0 aromatic carbocycles. The van der Waals surface area contributed by atoms with Crippen molar-refractivity contribution in [2.45, 2.75) is 51.7 Å². The molecule has 0 rings (SSSR count). The van der Waals surface area contributed by atoms with E-state index in [0.717, 1.165) is 6.42 Å². The number of rotatable bonds is 8. The van der Waals surface area contributed by atoms with E-state index in [0.29, 0.717) is 12.8 Å². The van der Waals surface area contributed by atoms with Crippen LogP contribution >= 0.6 is 0 Å². The van der Waals surface area contributed by atoms with Crippen molar-refractivity contribution in [2.24, 2.45) is 5.73 Å². The van der Waals surface area contributed by atoms with Crippen molar-refractivity contribution in [1.82, 2.24) is 0 Å². The average Bonchev–Trinajstić information content (AvgIpc) is 2.21. The molecule has 0 bridgehead atoms. The largest absolute Gasteiger partial charge is 0.481 e. The first-order chi connectivity index (χ1) is 7.88. The molecule has 0 saturated carbocycles. The molecule has 6 nitrogen and oxygen atoms in total. The third kappa shape index (κ3) is 6.68. The number of aliphatic carboxylic acids is 1. The maximum absolute atomic E-state index is 11.8. The zero-order valence-corrected chi connectivity index (χ0v) is 10.1. The molecule has 0 aliphatic carbocycles. The summed E-state index contributed by atoms with van der Waals surface area (Å²) in [5.41, 5.74) is 5.44. The van der Waals surface area contributed by atoms with Crippen molar-refractivity contribution in [3.05, 3.63) is 0 Å². The Morgan fingerprint density at radius 1 is 1.35 bits per heavy atom. The summed E-state index contributed by atoms with van der Waals surface area (Å²) in [5, 5.41) is 8.53. The third-order valence-electron chi connectivity index (χ3n) is 2.21. The molecule has 0 aliphatic rings. The summed E-state index contributed by atoms with van der Waals surface area (Å²) >= 11 is 0. The zero-order valence-electron chi connectivity index (χ0n) is 10.1. The van der Waals surface area contributed by atoms with Crippen LogP contribution in [0.2, 0.25) is 0 Å². The van der Waals surface area contributed by atoms with Gasteiger partial charge in [-0.25, -0.2) is 0 Å². The molecule has 98 valence electrons. The molecular formula is C11H19NO5. The Bertz CT molecular complexity index is 290. The van der Waals surface area contributed by atoms with E-state index in [-0.39, 0.29) is 0 Å². The molecule has 2 atom stereocenters. The molecule has 0 aliphatic heterocycles. The molecule has 6 heteroatoms. The van der Waals surface area contributed by atoms with Gasteiger partial charge in [0.2, 0.25) is 0 Å². The Morgan fingerprint density at radius 3 is 2.35 bits per heavy atom. The summed E-state index contributed by atoms with van der Waals surface area (Å²) in [7, 11) is 0. The van der Waals surface area contributed by atoms with E-state index in [1.165, 1.54) is 6.92 Å². The molecule has 3 N–H and O–H groups in total. The first-order valence-electron chi connectivity index (χ1n) is 5.56. The standard InChI is InChI=1S/C11H19NO5/c1-3-4-5-9(17-7(2)13)11(16)8(12)6-10(14)15/h8-9H,3-6,12H2,1-2H3,(H,14,15). The molecule has 0 saturated heterocycles. The second-order valence-corrected chi connectivity index (χ2v) is 3.85. The SMILES string of the molecule is CCCCC(OC(C)=O)C(=O)C(N)CC(=O)O. The van der Waals surface area contributed by atoms with Crippen molar-refractivity contribution in [3.63, 3.8) is 0 Å². The van der Waals surface area contributed by atoms with E-state index in [2.05, 4.69) is 0 Å². The Morgan fingerprint density at radius 2 is 1.94 bits per heavy atom. The van der Waals surface area contributed by atoms with Crippen LogP contribution in [-0.4, -0.2) is 35.0 Å². The Kier molecular flexibility index (Phi) is 7.13. The molecule has 2 unspecified atom stereocenters. The maximum atomic E-state index is 11.8. The number of carboxylic acid groups (broad SMARTS) is 1. The van der Waals surface area contributed by atoms with Gasteiger partial charge < -0.3 is 15.6 Å². The third-order valence-corrected chi connectivity index (χ3v) is 2.21. The fourth-order valence-corrected chi connectivity index (χ4v) is 1.38. The number of ether oxygens (including phenoxy) is 1. The van der Waals surface area contributed by atoms with E-state index in [4.69, 9.17) is 15.6 Å². The highest BCUT2D eigenvalue weighted by Crippen LogP contribution is 2.09. The number of hydrogen-bond donors (Lipinski definition) is 2. The minimum absolute atomic E-state index is 0.377. The minimum Gasteiger partial charge on any atom is -0.481 e. The smallest absolute Gasteiger partial charge is 0.305 e. The van der Waals surface area contributed by atoms with Gasteiger partial charge in [0.25, 0.3) is 0 Å². The van der Waals surface area contributed by atoms with Gasteiger partial charge in [-0.3, -0.25) is 14.4 Å². The second-order valence-electron chi connectivity index (χ2n) is 3.85. The molecule has 17 heavy (non-hydrogen) atoms.